The Kier molecular flexibility index (Phi) is 3.53. The third-order valence-corrected chi connectivity index (χ3v) is 1.47. The van der Waals surface area contributed by atoms with Gasteiger partial charge in [0.15, 0.2) is 0 Å². The zero-order valence-corrected chi connectivity index (χ0v) is 7.45. The van der Waals surface area contributed by atoms with Crippen molar-refractivity contribution < 1.29 is 4.79 Å². The molecule has 1 nitrogen and oxygen atoms in total. The van der Waals surface area contributed by atoms with E-state index in [1.54, 1.807) is 13.0 Å². The van der Waals surface area contributed by atoms with Gasteiger partial charge in [-0.2, -0.15) is 0 Å². The Morgan fingerprint density at radius 1 is 1.31 bits per heavy atom. The van der Waals surface area contributed by atoms with Crippen LogP contribution >= 0.6 is 0 Å². The predicted octanol–water partition coefficient (Wildman–Crippen LogP) is 2.29. The summed E-state index contributed by atoms with van der Waals surface area (Å²) in [6, 6.07) is 9.66. The van der Waals surface area contributed by atoms with Crippen LogP contribution in [0, 0.1) is 11.8 Å². The van der Waals surface area contributed by atoms with Crippen molar-refractivity contribution in [3.05, 3.63) is 42.0 Å². The summed E-state index contributed by atoms with van der Waals surface area (Å²) in [5.74, 6) is 4.83. The van der Waals surface area contributed by atoms with Crippen LogP contribution in [0.25, 0.3) is 6.08 Å². The molecule has 0 heterocycles. The van der Waals surface area contributed by atoms with Gasteiger partial charge in [0.05, 0.1) is 0 Å². The smallest absolute Gasteiger partial charge is 0.228 e. The fourth-order valence-electron chi connectivity index (χ4n) is 0.901. The third kappa shape index (κ3) is 3.39. The normalized spacial score (nSPS) is 9.31. The van der Waals surface area contributed by atoms with Gasteiger partial charge in [-0.1, -0.05) is 42.3 Å². The van der Waals surface area contributed by atoms with E-state index in [0.717, 1.165) is 5.56 Å². The number of hydrogen-bond donors (Lipinski definition) is 0. The number of carbonyl (C=O) groups is 1. The molecule has 0 unspecified atom stereocenters. The predicted molar refractivity (Wildman–Crippen MR) is 53.9 cm³/mol. The van der Waals surface area contributed by atoms with Crippen LogP contribution in [0.2, 0.25) is 0 Å². The minimum absolute atomic E-state index is 0.161. The number of ketones is 1. The molecule has 0 spiro atoms. The Hall–Kier alpha value is -1.81. The van der Waals surface area contributed by atoms with Gasteiger partial charge in [-0.15, -0.1) is 0 Å². The van der Waals surface area contributed by atoms with E-state index in [9.17, 15) is 4.79 Å². The summed E-state index contributed by atoms with van der Waals surface area (Å²) in [7, 11) is 0. The van der Waals surface area contributed by atoms with Crippen molar-refractivity contribution in [2.24, 2.45) is 0 Å². The summed E-state index contributed by atoms with van der Waals surface area (Å²) in [5.41, 5.74) is 1.01. The van der Waals surface area contributed by atoms with Crippen molar-refractivity contribution >= 4 is 11.9 Å². The van der Waals surface area contributed by atoms with Gasteiger partial charge < -0.3 is 0 Å². The topological polar surface area (TPSA) is 17.1 Å². The van der Waals surface area contributed by atoms with Crippen LogP contribution in [0.5, 0.6) is 0 Å². The molecule has 0 N–H and O–H groups in total. The fourth-order valence-corrected chi connectivity index (χ4v) is 0.901. The zero-order valence-electron chi connectivity index (χ0n) is 7.45. The van der Waals surface area contributed by atoms with Crippen molar-refractivity contribution in [1.82, 2.24) is 0 Å². The number of carbonyl (C=O) groups excluding carboxylic acids is 1. The molecule has 0 atom stereocenters. The van der Waals surface area contributed by atoms with Gasteiger partial charge in [0.1, 0.15) is 0 Å². The van der Waals surface area contributed by atoms with Gasteiger partial charge in [0, 0.05) is 0 Å². The maximum Gasteiger partial charge on any atom is 0.228 e. The van der Waals surface area contributed by atoms with E-state index in [1.807, 2.05) is 30.3 Å². The van der Waals surface area contributed by atoms with Crippen molar-refractivity contribution in [1.29, 1.82) is 0 Å². The largest absolute Gasteiger partial charge is 0.280 e. The first-order valence-electron chi connectivity index (χ1n) is 4.03. The average molecular weight is 170 g/mol. The molecule has 0 radical (unpaired) electrons. The summed E-state index contributed by atoms with van der Waals surface area (Å²) in [6.45, 7) is 1.65. The van der Waals surface area contributed by atoms with E-state index in [1.165, 1.54) is 6.08 Å². The van der Waals surface area contributed by atoms with Gasteiger partial charge in [0.25, 0.3) is 0 Å². The van der Waals surface area contributed by atoms with Gasteiger partial charge in [-0.3, -0.25) is 4.79 Å². The highest BCUT2D eigenvalue weighted by Gasteiger charge is 1.87. The lowest BCUT2D eigenvalue weighted by atomic mass is 10.2. The van der Waals surface area contributed by atoms with Crippen LogP contribution in [0.3, 0.4) is 0 Å². The van der Waals surface area contributed by atoms with Gasteiger partial charge >= 0.3 is 0 Å². The summed E-state index contributed by atoms with van der Waals surface area (Å²) in [6.07, 6.45) is 3.23. The molecule has 13 heavy (non-hydrogen) atoms. The van der Waals surface area contributed by atoms with Crippen molar-refractivity contribution in [3.63, 3.8) is 0 Å². The highest BCUT2D eigenvalue weighted by molar-refractivity contribution is 6.06. The van der Waals surface area contributed by atoms with Crippen molar-refractivity contribution in [3.8, 4) is 11.8 Å². The fraction of sp³-hybridized carbons (Fsp3) is 0.0833. The minimum atomic E-state index is -0.161. The summed E-state index contributed by atoms with van der Waals surface area (Å²) in [4.78, 5) is 11.0. The first kappa shape index (κ1) is 9.28. The number of benzene rings is 1. The second kappa shape index (κ2) is 4.95. The van der Waals surface area contributed by atoms with Crippen LogP contribution in [0.4, 0.5) is 0 Å². The molecule has 0 amide bonds. The molecular weight excluding hydrogens is 160 g/mol. The van der Waals surface area contributed by atoms with E-state index in [-0.39, 0.29) is 5.78 Å². The Bertz CT molecular complexity index is 363. The lowest BCUT2D eigenvalue weighted by Gasteiger charge is -1.88. The molecule has 0 saturated heterocycles. The van der Waals surface area contributed by atoms with Crippen LogP contribution in [-0.2, 0) is 4.79 Å². The van der Waals surface area contributed by atoms with Crippen LogP contribution < -0.4 is 0 Å². The Labute approximate surface area is 78.1 Å². The molecule has 1 rings (SSSR count). The monoisotopic (exact) mass is 170 g/mol. The standard InChI is InChI=1S/C12H10O/c1-2-6-12(13)10-9-11-7-4-3-5-8-11/h3-5,7-10H,1H3/b10-9+. The highest BCUT2D eigenvalue weighted by Crippen LogP contribution is 2.00. The summed E-state index contributed by atoms with van der Waals surface area (Å²) in [5, 5.41) is 0. The zero-order chi connectivity index (χ0) is 9.52. The highest BCUT2D eigenvalue weighted by atomic mass is 16.1. The second-order valence-corrected chi connectivity index (χ2v) is 2.48. The molecule has 64 valence electrons. The van der Waals surface area contributed by atoms with E-state index in [4.69, 9.17) is 0 Å². The third-order valence-electron chi connectivity index (χ3n) is 1.47. The summed E-state index contributed by atoms with van der Waals surface area (Å²) < 4.78 is 0. The summed E-state index contributed by atoms with van der Waals surface area (Å²) >= 11 is 0. The molecule has 0 bridgehead atoms. The maximum absolute atomic E-state index is 11.0. The van der Waals surface area contributed by atoms with Crippen molar-refractivity contribution in [2.75, 3.05) is 0 Å². The number of rotatable bonds is 2. The average Bonchev–Trinajstić information content (AvgIpc) is 2.17. The molecule has 1 aromatic rings. The second-order valence-electron chi connectivity index (χ2n) is 2.48. The van der Waals surface area contributed by atoms with Gasteiger partial charge in [-0.05, 0) is 24.5 Å². The lowest BCUT2D eigenvalue weighted by Crippen LogP contribution is -1.84. The van der Waals surface area contributed by atoms with Crippen molar-refractivity contribution in [2.45, 2.75) is 6.92 Å². The Balaban J connectivity index is 2.68. The number of hydrogen-bond acceptors (Lipinski definition) is 1. The van der Waals surface area contributed by atoms with Gasteiger partial charge in [-0.25, -0.2) is 0 Å². The lowest BCUT2D eigenvalue weighted by molar-refractivity contribution is -0.109. The Morgan fingerprint density at radius 2 is 2.00 bits per heavy atom. The number of allylic oxidation sites excluding steroid dienone is 1. The molecule has 1 heteroatoms. The minimum Gasteiger partial charge on any atom is -0.280 e. The molecule has 0 saturated carbocycles. The molecule has 0 aliphatic carbocycles. The van der Waals surface area contributed by atoms with Crippen LogP contribution in [0.1, 0.15) is 12.5 Å². The van der Waals surface area contributed by atoms with Crippen LogP contribution in [-0.4, -0.2) is 5.78 Å². The van der Waals surface area contributed by atoms with Crippen LogP contribution in [0.15, 0.2) is 36.4 Å². The van der Waals surface area contributed by atoms with E-state index in [2.05, 4.69) is 11.8 Å². The quantitative estimate of drug-likeness (QED) is 0.378. The first-order valence-corrected chi connectivity index (χ1v) is 4.03. The Morgan fingerprint density at radius 3 is 2.62 bits per heavy atom. The molecule has 0 aliphatic rings. The van der Waals surface area contributed by atoms with E-state index in [0.29, 0.717) is 0 Å². The van der Waals surface area contributed by atoms with E-state index < -0.39 is 0 Å². The van der Waals surface area contributed by atoms with E-state index >= 15 is 0 Å². The molecule has 1 aromatic carbocycles. The molecular formula is C12H10O. The first-order chi connectivity index (χ1) is 6.33. The maximum atomic E-state index is 11.0. The molecule has 0 fully saturated rings. The molecule has 0 aliphatic heterocycles. The molecule has 0 aromatic heterocycles. The van der Waals surface area contributed by atoms with Gasteiger partial charge in [0.2, 0.25) is 5.78 Å². The SMILES string of the molecule is CC#CC(=O)/C=C/c1ccccc1.